The SMILES string of the molecule is CCOc1ccc(NC(=O)CN2C(=O)N[C@H](c3ccc(SC)cc3)C3=C2COC3=O)cc1. The average molecular weight is 454 g/mol. The summed E-state index contributed by atoms with van der Waals surface area (Å²) in [5.74, 6) is -0.178. The molecule has 0 saturated heterocycles. The average Bonchev–Trinajstić information content (AvgIpc) is 3.18. The van der Waals surface area contributed by atoms with Crippen LogP contribution in [0.15, 0.2) is 64.7 Å². The van der Waals surface area contributed by atoms with Gasteiger partial charge in [0.25, 0.3) is 0 Å². The van der Waals surface area contributed by atoms with E-state index in [0.717, 1.165) is 10.5 Å². The molecule has 2 aromatic carbocycles. The van der Waals surface area contributed by atoms with Gasteiger partial charge in [-0.25, -0.2) is 9.59 Å². The van der Waals surface area contributed by atoms with E-state index in [2.05, 4.69) is 10.6 Å². The number of nitrogens with zero attached hydrogens (tertiary/aromatic N) is 1. The Morgan fingerprint density at radius 3 is 2.56 bits per heavy atom. The number of ether oxygens (including phenoxy) is 2. The summed E-state index contributed by atoms with van der Waals surface area (Å²) >= 11 is 1.60. The second-order valence-electron chi connectivity index (χ2n) is 7.18. The van der Waals surface area contributed by atoms with Crippen LogP contribution >= 0.6 is 11.8 Å². The molecule has 9 heteroatoms. The van der Waals surface area contributed by atoms with Crippen LogP contribution in [0.2, 0.25) is 0 Å². The molecule has 0 unspecified atom stereocenters. The van der Waals surface area contributed by atoms with Gasteiger partial charge in [0.15, 0.2) is 0 Å². The second-order valence-corrected chi connectivity index (χ2v) is 8.06. The van der Waals surface area contributed by atoms with Crippen LogP contribution in [0.4, 0.5) is 10.5 Å². The molecular weight excluding hydrogens is 430 g/mol. The summed E-state index contributed by atoms with van der Waals surface area (Å²) in [6.45, 7) is 2.16. The number of carbonyl (C=O) groups excluding carboxylic acids is 3. The third-order valence-corrected chi connectivity index (χ3v) is 5.94. The van der Waals surface area contributed by atoms with Gasteiger partial charge in [0.2, 0.25) is 5.91 Å². The molecule has 0 bridgehead atoms. The highest BCUT2D eigenvalue weighted by atomic mass is 32.2. The van der Waals surface area contributed by atoms with Gasteiger partial charge >= 0.3 is 12.0 Å². The Hall–Kier alpha value is -3.46. The first-order valence-corrected chi connectivity index (χ1v) is 11.4. The lowest BCUT2D eigenvalue weighted by Crippen LogP contribution is -2.49. The van der Waals surface area contributed by atoms with E-state index in [-0.39, 0.29) is 13.2 Å². The monoisotopic (exact) mass is 453 g/mol. The fraction of sp³-hybridized carbons (Fsp3) is 0.261. The number of hydrogen-bond acceptors (Lipinski definition) is 6. The Morgan fingerprint density at radius 1 is 1.19 bits per heavy atom. The minimum Gasteiger partial charge on any atom is -0.494 e. The smallest absolute Gasteiger partial charge is 0.338 e. The number of nitrogens with one attached hydrogen (secondary N) is 2. The number of anilines is 1. The van der Waals surface area contributed by atoms with Crippen LogP contribution in [0.1, 0.15) is 18.5 Å². The third-order valence-electron chi connectivity index (χ3n) is 5.20. The van der Waals surface area contributed by atoms with E-state index < -0.39 is 23.9 Å². The van der Waals surface area contributed by atoms with Gasteiger partial charge in [0, 0.05) is 10.6 Å². The summed E-state index contributed by atoms with van der Waals surface area (Å²) in [4.78, 5) is 40.3. The van der Waals surface area contributed by atoms with Crippen molar-refractivity contribution >= 4 is 35.4 Å². The van der Waals surface area contributed by atoms with Crippen molar-refractivity contribution in [2.24, 2.45) is 0 Å². The molecule has 166 valence electrons. The van der Waals surface area contributed by atoms with Gasteiger partial charge in [0.05, 0.1) is 23.9 Å². The Labute approximate surface area is 189 Å². The first-order valence-electron chi connectivity index (χ1n) is 10.1. The quantitative estimate of drug-likeness (QED) is 0.493. The molecule has 8 nitrogen and oxygen atoms in total. The maximum absolute atomic E-state index is 12.9. The van der Waals surface area contributed by atoms with Crippen molar-refractivity contribution in [3.8, 4) is 5.75 Å². The molecule has 4 rings (SSSR count). The fourth-order valence-electron chi connectivity index (χ4n) is 3.67. The van der Waals surface area contributed by atoms with Gasteiger partial charge in [0.1, 0.15) is 18.9 Å². The van der Waals surface area contributed by atoms with E-state index in [9.17, 15) is 14.4 Å². The number of rotatable bonds is 7. The van der Waals surface area contributed by atoms with E-state index in [1.54, 1.807) is 36.0 Å². The maximum Gasteiger partial charge on any atom is 0.338 e. The summed E-state index contributed by atoms with van der Waals surface area (Å²) < 4.78 is 10.6. The molecule has 2 aliphatic rings. The standard InChI is InChI=1S/C23H23N3O5S/c1-3-30-16-8-6-15(7-9-16)24-19(27)12-26-18-13-31-22(28)20(18)21(25-23(26)29)14-4-10-17(32-2)11-5-14/h4-11,21H,3,12-13H2,1-2H3,(H,24,27)(H,25,29)/t21-/m1/s1. The third kappa shape index (κ3) is 4.43. The van der Waals surface area contributed by atoms with Gasteiger partial charge in [-0.3, -0.25) is 9.69 Å². The molecular formula is C23H23N3O5S. The molecule has 2 heterocycles. The first-order chi connectivity index (χ1) is 15.5. The summed E-state index contributed by atoms with van der Waals surface area (Å²) in [6.07, 6.45) is 1.97. The number of cyclic esters (lactones) is 1. The number of thioether (sulfide) groups is 1. The van der Waals surface area contributed by atoms with Gasteiger partial charge in [-0.1, -0.05) is 12.1 Å². The van der Waals surface area contributed by atoms with Gasteiger partial charge in [-0.2, -0.15) is 0 Å². The second kappa shape index (κ2) is 9.35. The predicted molar refractivity (Wildman–Crippen MR) is 120 cm³/mol. The van der Waals surface area contributed by atoms with E-state index in [1.807, 2.05) is 37.4 Å². The van der Waals surface area contributed by atoms with Crippen LogP contribution < -0.4 is 15.4 Å². The number of carbonyl (C=O) groups is 3. The van der Waals surface area contributed by atoms with Gasteiger partial charge in [-0.15, -0.1) is 11.8 Å². The minimum atomic E-state index is -0.617. The number of esters is 1. The zero-order chi connectivity index (χ0) is 22.7. The molecule has 0 radical (unpaired) electrons. The first kappa shape index (κ1) is 21.8. The lowest BCUT2D eigenvalue weighted by Gasteiger charge is -2.32. The van der Waals surface area contributed by atoms with Crippen molar-refractivity contribution in [1.29, 1.82) is 0 Å². The molecule has 2 aliphatic heterocycles. The number of amides is 3. The largest absolute Gasteiger partial charge is 0.494 e. The molecule has 0 aromatic heterocycles. The van der Waals surface area contributed by atoms with Crippen molar-refractivity contribution in [2.45, 2.75) is 17.9 Å². The molecule has 3 amide bonds. The zero-order valence-electron chi connectivity index (χ0n) is 17.7. The van der Waals surface area contributed by atoms with Crippen LogP contribution in [-0.2, 0) is 14.3 Å². The lowest BCUT2D eigenvalue weighted by atomic mass is 9.96. The van der Waals surface area contributed by atoms with Crippen molar-refractivity contribution in [3.05, 3.63) is 65.4 Å². The van der Waals surface area contributed by atoms with E-state index in [4.69, 9.17) is 9.47 Å². The van der Waals surface area contributed by atoms with Gasteiger partial charge < -0.3 is 20.1 Å². The molecule has 2 aromatic rings. The molecule has 1 atom stereocenters. The van der Waals surface area contributed by atoms with Crippen molar-refractivity contribution in [1.82, 2.24) is 10.2 Å². The normalized spacial score (nSPS) is 17.6. The topological polar surface area (TPSA) is 97.0 Å². The maximum atomic E-state index is 12.9. The number of urea groups is 1. The van der Waals surface area contributed by atoms with E-state index in [1.165, 1.54) is 4.90 Å². The van der Waals surface area contributed by atoms with Crippen LogP contribution in [0.3, 0.4) is 0 Å². The van der Waals surface area contributed by atoms with Crippen LogP contribution in [0.25, 0.3) is 0 Å². The highest BCUT2D eigenvalue weighted by molar-refractivity contribution is 7.98. The highest BCUT2D eigenvalue weighted by Crippen LogP contribution is 2.35. The number of hydrogen-bond donors (Lipinski definition) is 2. The summed E-state index contributed by atoms with van der Waals surface area (Å²) in [5.41, 5.74) is 2.13. The van der Waals surface area contributed by atoms with Crippen molar-refractivity contribution in [3.63, 3.8) is 0 Å². The Morgan fingerprint density at radius 2 is 1.91 bits per heavy atom. The molecule has 0 aliphatic carbocycles. The zero-order valence-corrected chi connectivity index (χ0v) is 18.5. The van der Waals surface area contributed by atoms with Crippen molar-refractivity contribution < 1.29 is 23.9 Å². The predicted octanol–water partition coefficient (Wildman–Crippen LogP) is 3.32. The van der Waals surface area contributed by atoms with Gasteiger partial charge in [-0.05, 0) is 55.1 Å². The molecule has 0 fully saturated rings. The molecule has 32 heavy (non-hydrogen) atoms. The Bertz CT molecular complexity index is 1070. The van der Waals surface area contributed by atoms with Crippen LogP contribution in [0.5, 0.6) is 5.75 Å². The summed E-state index contributed by atoms with van der Waals surface area (Å²) in [5, 5.41) is 5.60. The fourth-order valence-corrected chi connectivity index (χ4v) is 4.08. The molecule has 0 saturated carbocycles. The van der Waals surface area contributed by atoms with E-state index >= 15 is 0 Å². The Kier molecular flexibility index (Phi) is 6.36. The lowest BCUT2D eigenvalue weighted by molar-refractivity contribution is -0.136. The summed E-state index contributed by atoms with van der Waals surface area (Å²) in [7, 11) is 0. The van der Waals surface area contributed by atoms with Crippen LogP contribution in [0, 0.1) is 0 Å². The number of benzene rings is 2. The highest BCUT2D eigenvalue weighted by Gasteiger charge is 2.42. The van der Waals surface area contributed by atoms with Crippen LogP contribution in [-0.4, -0.2) is 48.8 Å². The van der Waals surface area contributed by atoms with E-state index in [0.29, 0.717) is 29.3 Å². The Balaban J connectivity index is 1.52. The molecule has 2 N–H and O–H groups in total. The van der Waals surface area contributed by atoms with Crippen molar-refractivity contribution in [2.75, 3.05) is 31.3 Å². The molecule has 0 spiro atoms. The summed E-state index contributed by atoms with van der Waals surface area (Å²) in [6, 6.07) is 13.5. The minimum absolute atomic E-state index is 0.0443.